The Hall–Kier alpha value is -2.04. The van der Waals surface area contributed by atoms with E-state index >= 15 is 0 Å². The monoisotopic (exact) mass is 332 g/mol. The molecule has 0 bridgehead atoms. The number of methoxy groups -OCH3 is 1. The lowest BCUT2D eigenvalue weighted by molar-refractivity contribution is -0.140. The SMILES string of the molecule is COC(=O)CCN(C(=O)Nc1c(C)cccc1C)C1CCCCC1. The average Bonchev–Trinajstić information content (AvgIpc) is 2.59. The predicted molar refractivity (Wildman–Crippen MR) is 95.1 cm³/mol. The number of para-hydroxylation sites is 1. The van der Waals surface area contributed by atoms with E-state index in [0.29, 0.717) is 6.54 Å². The van der Waals surface area contributed by atoms with Crippen molar-refractivity contribution in [1.29, 1.82) is 0 Å². The van der Waals surface area contributed by atoms with Gasteiger partial charge in [0.2, 0.25) is 0 Å². The predicted octanol–water partition coefficient (Wildman–Crippen LogP) is 4.03. The lowest BCUT2D eigenvalue weighted by Crippen LogP contribution is -2.45. The molecule has 5 nitrogen and oxygen atoms in total. The first kappa shape index (κ1) is 18.3. The van der Waals surface area contributed by atoms with Crippen molar-refractivity contribution in [2.45, 2.75) is 58.4 Å². The number of esters is 1. The molecule has 1 aromatic rings. The van der Waals surface area contributed by atoms with Gasteiger partial charge < -0.3 is 15.0 Å². The maximum absolute atomic E-state index is 12.9. The Kier molecular flexibility index (Phi) is 6.64. The van der Waals surface area contributed by atoms with Crippen molar-refractivity contribution in [3.63, 3.8) is 0 Å². The molecule has 0 unspecified atom stereocenters. The molecule has 1 aliphatic carbocycles. The van der Waals surface area contributed by atoms with Crippen LogP contribution in [0.15, 0.2) is 18.2 Å². The molecule has 1 N–H and O–H groups in total. The van der Waals surface area contributed by atoms with Gasteiger partial charge in [-0.3, -0.25) is 4.79 Å². The summed E-state index contributed by atoms with van der Waals surface area (Å²) in [6, 6.07) is 6.04. The molecule has 0 aromatic heterocycles. The number of nitrogens with zero attached hydrogens (tertiary/aromatic N) is 1. The molecule has 0 aliphatic heterocycles. The van der Waals surface area contributed by atoms with Crippen LogP contribution < -0.4 is 5.32 Å². The summed E-state index contributed by atoms with van der Waals surface area (Å²) in [7, 11) is 1.38. The first-order chi connectivity index (χ1) is 11.5. The van der Waals surface area contributed by atoms with Crippen LogP contribution in [0.25, 0.3) is 0 Å². The Labute approximate surface area is 144 Å². The van der Waals surface area contributed by atoms with Crippen LogP contribution in [0.5, 0.6) is 0 Å². The van der Waals surface area contributed by atoms with E-state index < -0.39 is 0 Å². The number of benzene rings is 1. The Morgan fingerprint density at radius 2 is 1.79 bits per heavy atom. The summed E-state index contributed by atoms with van der Waals surface area (Å²) in [5.74, 6) is -0.282. The van der Waals surface area contributed by atoms with E-state index in [1.54, 1.807) is 0 Å². The maximum atomic E-state index is 12.9. The zero-order chi connectivity index (χ0) is 17.5. The van der Waals surface area contributed by atoms with Gasteiger partial charge in [-0.15, -0.1) is 0 Å². The molecule has 0 radical (unpaired) electrons. The smallest absolute Gasteiger partial charge is 0.322 e. The molecule has 2 amide bonds. The summed E-state index contributed by atoms with van der Waals surface area (Å²) >= 11 is 0. The highest BCUT2D eigenvalue weighted by Gasteiger charge is 2.26. The number of anilines is 1. The number of rotatable bonds is 5. The highest BCUT2D eigenvalue weighted by Crippen LogP contribution is 2.25. The van der Waals surface area contributed by atoms with Crippen molar-refractivity contribution in [2.24, 2.45) is 0 Å². The zero-order valence-corrected chi connectivity index (χ0v) is 14.9. The van der Waals surface area contributed by atoms with Gasteiger partial charge in [0.1, 0.15) is 0 Å². The van der Waals surface area contributed by atoms with Crippen LogP contribution in [0.2, 0.25) is 0 Å². The van der Waals surface area contributed by atoms with E-state index in [1.165, 1.54) is 13.5 Å². The van der Waals surface area contributed by atoms with Crippen LogP contribution >= 0.6 is 0 Å². The fourth-order valence-corrected chi connectivity index (χ4v) is 3.35. The summed E-state index contributed by atoms with van der Waals surface area (Å²) in [4.78, 5) is 26.2. The van der Waals surface area contributed by atoms with Crippen molar-refractivity contribution >= 4 is 17.7 Å². The van der Waals surface area contributed by atoms with E-state index in [2.05, 4.69) is 5.32 Å². The van der Waals surface area contributed by atoms with Gasteiger partial charge in [-0.2, -0.15) is 0 Å². The second-order valence-electron chi connectivity index (χ2n) is 6.51. The number of nitrogens with one attached hydrogen (secondary N) is 1. The van der Waals surface area contributed by atoms with Gasteiger partial charge in [0.15, 0.2) is 0 Å². The van der Waals surface area contributed by atoms with Crippen LogP contribution in [0.3, 0.4) is 0 Å². The first-order valence-electron chi connectivity index (χ1n) is 8.73. The number of carbonyl (C=O) groups is 2. The molecule has 1 saturated carbocycles. The molecular weight excluding hydrogens is 304 g/mol. The van der Waals surface area contributed by atoms with Gasteiger partial charge in [0, 0.05) is 18.3 Å². The van der Waals surface area contributed by atoms with Gasteiger partial charge in [-0.05, 0) is 37.8 Å². The number of ether oxygens (including phenoxy) is 1. The molecule has 0 spiro atoms. The minimum absolute atomic E-state index is 0.122. The van der Waals surface area contributed by atoms with E-state index in [1.807, 2.05) is 36.9 Å². The summed E-state index contributed by atoms with van der Waals surface area (Å²) in [6.07, 6.45) is 5.72. The second-order valence-corrected chi connectivity index (χ2v) is 6.51. The van der Waals surface area contributed by atoms with E-state index in [0.717, 1.165) is 42.5 Å². The van der Waals surface area contributed by atoms with Crippen LogP contribution in [0.4, 0.5) is 10.5 Å². The lowest BCUT2D eigenvalue weighted by atomic mass is 9.94. The van der Waals surface area contributed by atoms with Crippen LogP contribution in [-0.2, 0) is 9.53 Å². The van der Waals surface area contributed by atoms with Gasteiger partial charge in [0.25, 0.3) is 0 Å². The Morgan fingerprint density at radius 1 is 1.17 bits per heavy atom. The van der Waals surface area contributed by atoms with Crippen molar-refractivity contribution in [3.8, 4) is 0 Å². The third-order valence-electron chi connectivity index (χ3n) is 4.77. The van der Waals surface area contributed by atoms with Crippen LogP contribution in [-0.4, -0.2) is 36.6 Å². The standard InChI is InChI=1S/C19H28N2O3/c1-14-8-7-9-15(2)18(14)20-19(23)21(13-12-17(22)24-3)16-10-5-4-6-11-16/h7-9,16H,4-6,10-13H2,1-3H3,(H,20,23). The van der Waals surface area contributed by atoms with Gasteiger partial charge in [-0.1, -0.05) is 37.5 Å². The summed E-state index contributed by atoms with van der Waals surface area (Å²) in [5.41, 5.74) is 2.95. The highest BCUT2D eigenvalue weighted by atomic mass is 16.5. The Morgan fingerprint density at radius 3 is 2.38 bits per heavy atom. The maximum Gasteiger partial charge on any atom is 0.322 e. The topological polar surface area (TPSA) is 58.6 Å². The quantitative estimate of drug-likeness (QED) is 0.828. The summed E-state index contributed by atoms with van der Waals surface area (Å²) in [6.45, 7) is 4.37. The second kappa shape index (κ2) is 8.71. The Balaban J connectivity index is 2.12. The number of hydrogen-bond donors (Lipinski definition) is 1. The molecule has 0 atom stereocenters. The van der Waals surface area contributed by atoms with Crippen LogP contribution in [0.1, 0.15) is 49.7 Å². The summed E-state index contributed by atoms with van der Waals surface area (Å²) < 4.78 is 4.73. The molecule has 1 fully saturated rings. The molecule has 1 aliphatic rings. The zero-order valence-electron chi connectivity index (χ0n) is 14.9. The fourth-order valence-electron chi connectivity index (χ4n) is 3.35. The van der Waals surface area contributed by atoms with Crippen molar-refractivity contribution in [1.82, 2.24) is 4.90 Å². The molecule has 0 saturated heterocycles. The largest absolute Gasteiger partial charge is 0.469 e. The molecule has 132 valence electrons. The fraction of sp³-hybridized carbons (Fsp3) is 0.579. The third kappa shape index (κ3) is 4.73. The Bertz CT molecular complexity index is 560. The number of hydrogen-bond acceptors (Lipinski definition) is 3. The van der Waals surface area contributed by atoms with Gasteiger partial charge >= 0.3 is 12.0 Å². The first-order valence-corrected chi connectivity index (χ1v) is 8.73. The molecule has 1 aromatic carbocycles. The van der Waals surface area contributed by atoms with Crippen molar-refractivity contribution in [3.05, 3.63) is 29.3 Å². The van der Waals surface area contributed by atoms with Gasteiger partial charge in [-0.25, -0.2) is 4.79 Å². The normalized spacial score (nSPS) is 15.0. The minimum Gasteiger partial charge on any atom is -0.469 e. The molecule has 2 rings (SSSR count). The number of carbonyl (C=O) groups excluding carboxylic acids is 2. The van der Waals surface area contributed by atoms with Gasteiger partial charge in [0.05, 0.1) is 13.5 Å². The van der Waals surface area contributed by atoms with Crippen LogP contribution in [0, 0.1) is 13.8 Å². The molecule has 5 heteroatoms. The van der Waals surface area contributed by atoms with Crippen molar-refractivity contribution in [2.75, 3.05) is 19.0 Å². The third-order valence-corrected chi connectivity index (χ3v) is 4.77. The van der Waals surface area contributed by atoms with Crippen molar-refractivity contribution < 1.29 is 14.3 Å². The molecule has 24 heavy (non-hydrogen) atoms. The minimum atomic E-state index is -0.282. The summed E-state index contributed by atoms with van der Waals surface area (Å²) in [5, 5.41) is 3.05. The number of amides is 2. The number of aryl methyl sites for hydroxylation is 2. The average molecular weight is 332 g/mol. The lowest BCUT2D eigenvalue weighted by Gasteiger charge is -2.34. The highest BCUT2D eigenvalue weighted by molar-refractivity contribution is 5.91. The van der Waals surface area contributed by atoms with E-state index in [-0.39, 0.29) is 24.5 Å². The molecular formula is C19H28N2O3. The van der Waals surface area contributed by atoms with E-state index in [9.17, 15) is 9.59 Å². The van der Waals surface area contributed by atoms with E-state index in [4.69, 9.17) is 4.74 Å². The molecule has 0 heterocycles. The number of urea groups is 1.